The molecule has 138 valence electrons. The first-order chi connectivity index (χ1) is 13.3. The Morgan fingerprint density at radius 3 is 2.30 bits per heavy atom. The van der Waals surface area contributed by atoms with Crippen LogP contribution in [0.5, 0.6) is 0 Å². The summed E-state index contributed by atoms with van der Waals surface area (Å²) >= 11 is 5.77. The standard InChI is InChI=1S/C23H24N2OS/c27-23(25(21-9-4-5-10-21)17-22-11-6-16-26-22)24-20-14-12-19(13-15-20)18-7-2-1-3-8-18/h1-3,6-8,11-16,21H,4-5,9-10,17H2,(H,24,27). The Morgan fingerprint density at radius 1 is 0.926 bits per heavy atom. The van der Waals surface area contributed by atoms with Crippen LogP contribution in [0.3, 0.4) is 0 Å². The summed E-state index contributed by atoms with van der Waals surface area (Å²) in [5.41, 5.74) is 3.44. The van der Waals surface area contributed by atoms with Crippen molar-refractivity contribution in [3.05, 3.63) is 78.8 Å². The predicted octanol–water partition coefficient (Wildman–Crippen LogP) is 6.09. The number of thiocarbonyl (C=S) groups is 1. The minimum Gasteiger partial charge on any atom is -0.467 e. The molecular formula is C23H24N2OS. The Kier molecular flexibility index (Phi) is 5.54. The van der Waals surface area contributed by atoms with E-state index in [1.807, 2.05) is 18.2 Å². The molecule has 1 aliphatic rings. The smallest absolute Gasteiger partial charge is 0.174 e. The highest BCUT2D eigenvalue weighted by Gasteiger charge is 2.25. The number of anilines is 1. The molecule has 3 aromatic rings. The average Bonchev–Trinajstić information content (AvgIpc) is 3.41. The number of rotatable bonds is 5. The van der Waals surface area contributed by atoms with E-state index in [1.165, 1.54) is 36.8 Å². The quantitative estimate of drug-likeness (QED) is 0.546. The van der Waals surface area contributed by atoms with E-state index in [9.17, 15) is 0 Å². The van der Waals surface area contributed by atoms with Crippen LogP contribution in [0.1, 0.15) is 31.4 Å². The van der Waals surface area contributed by atoms with Crippen molar-refractivity contribution < 1.29 is 4.42 Å². The fourth-order valence-electron chi connectivity index (χ4n) is 3.72. The number of nitrogens with one attached hydrogen (secondary N) is 1. The molecule has 0 saturated heterocycles. The van der Waals surface area contributed by atoms with Crippen molar-refractivity contribution in [2.45, 2.75) is 38.3 Å². The average molecular weight is 377 g/mol. The monoisotopic (exact) mass is 376 g/mol. The van der Waals surface area contributed by atoms with Crippen molar-refractivity contribution in [3.63, 3.8) is 0 Å². The van der Waals surface area contributed by atoms with Gasteiger partial charge >= 0.3 is 0 Å². The van der Waals surface area contributed by atoms with Gasteiger partial charge in [0.15, 0.2) is 5.11 Å². The highest BCUT2D eigenvalue weighted by atomic mass is 32.1. The van der Waals surface area contributed by atoms with Crippen LogP contribution in [-0.4, -0.2) is 16.1 Å². The molecule has 1 saturated carbocycles. The van der Waals surface area contributed by atoms with E-state index in [1.54, 1.807) is 6.26 Å². The second-order valence-electron chi connectivity index (χ2n) is 7.02. The molecule has 0 atom stereocenters. The van der Waals surface area contributed by atoms with Crippen LogP contribution in [0.4, 0.5) is 5.69 Å². The molecule has 0 radical (unpaired) electrons. The highest BCUT2D eigenvalue weighted by Crippen LogP contribution is 2.27. The maximum atomic E-state index is 5.77. The Bertz CT molecular complexity index is 853. The first-order valence-corrected chi connectivity index (χ1v) is 9.96. The van der Waals surface area contributed by atoms with Gasteiger partial charge in [-0.15, -0.1) is 0 Å². The van der Waals surface area contributed by atoms with Gasteiger partial charge in [0.25, 0.3) is 0 Å². The Labute approximate surface area is 166 Å². The van der Waals surface area contributed by atoms with Gasteiger partial charge in [-0.25, -0.2) is 0 Å². The van der Waals surface area contributed by atoms with Gasteiger partial charge < -0.3 is 14.6 Å². The van der Waals surface area contributed by atoms with Crippen LogP contribution in [0.2, 0.25) is 0 Å². The topological polar surface area (TPSA) is 28.4 Å². The molecule has 0 bridgehead atoms. The van der Waals surface area contributed by atoms with E-state index in [0.29, 0.717) is 12.6 Å². The van der Waals surface area contributed by atoms with Gasteiger partial charge in [-0.2, -0.15) is 0 Å². The molecule has 4 rings (SSSR count). The number of furan rings is 1. The van der Waals surface area contributed by atoms with Gasteiger partial charge in [-0.05, 0) is 60.5 Å². The lowest BCUT2D eigenvalue weighted by Crippen LogP contribution is -2.40. The van der Waals surface area contributed by atoms with Crippen molar-refractivity contribution in [2.24, 2.45) is 0 Å². The highest BCUT2D eigenvalue weighted by molar-refractivity contribution is 7.80. The van der Waals surface area contributed by atoms with Crippen molar-refractivity contribution in [1.82, 2.24) is 4.90 Å². The molecule has 2 aromatic carbocycles. The van der Waals surface area contributed by atoms with Gasteiger partial charge in [0.05, 0.1) is 12.8 Å². The van der Waals surface area contributed by atoms with Crippen molar-refractivity contribution in [1.29, 1.82) is 0 Å². The number of nitrogens with zero attached hydrogens (tertiary/aromatic N) is 1. The van der Waals surface area contributed by atoms with Crippen LogP contribution in [-0.2, 0) is 6.54 Å². The second-order valence-corrected chi connectivity index (χ2v) is 7.41. The third-order valence-electron chi connectivity index (χ3n) is 5.18. The summed E-state index contributed by atoms with van der Waals surface area (Å²) in [5, 5.41) is 4.19. The summed E-state index contributed by atoms with van der Waals surface area (Å²) in [6, 6.07) is 23.3. The Balaban J connectivity index is 1.47. The fraction of sp³-hybridized carbons (Fsp3) is 0.261. The molecule has 1 fully saturated rings. The molecule has 0 spiro atoms. The lowest BCUT2D eigenvalue weighted by atomic mass is 10.1. The third kappa shape index (κ3) is 4.40. The maximum absolute atomic E-state index is 5.77. The van der Waals surface area contributed by atoms with Crippen LogP contribution in [0.25, 0.3) is 11.1 Å². The molecular weight excluding hydrogens is 352 g/mol. The number of hydrogen-bond donors (Lipinski definition) is 1. The van der Waals surface area contributed by atoms with Crippen LogP contribution < -0.4 is 5.32 Å². The molecule has 1 N–H and O–H groups in total. The largest absolute Gasteiger partial charge is 0.467 e. The number of hydrogen-bond acceptors (Lipinski definition) is 2. The summed E-state index contributed by atoms with van der Waals surface area (Å²) in [4.78, 5) is 2.28. The zero-order valence-electron chi connectivity index (χ0n) is 15.3. The summed E-state index contributed by atoms with van der Waals surface area (Å²) in [6.45, 7) is 0.714. The van der Waals surface area contributed by atoms with Gasteiger partial charge in [-0.1, -0.05) is 55.3 Å². The number of benzene rings is 2. The summed E-state index contributed by atoms with van der Waals surface area (Å²) in [5.74, 6) is 0.950. The Morgan fingerprint density at radius 2 is 1.63 bits per heavy atom. The second kappa shape index (κ2) is 8.40. The molecule has 0 aliphatic heterocycles. The lowest BCUT2D eigenvalue weighted by molar-refractivity contribution is 0.286. The van der Waals surface area contributed by atoms with Gasteiger partial charge in [0.1, 0.15) is 5.76 Å². The summed E-state index contributed by atoms with van der Waals surface area (Å²) < 4.78 is 5.56. The normalized spacial score (nSPS) is 14.2. The third-order valence-corrected chi connectivity index (χ3v) is 5.51. The fourth-order valence-corrected chi connectivity index (χ4v) is 4.06. The van der Waals surface area contributed by atoms with E-state index in [-0.39, 0.29) is 0 Å². The molecule has 0 amide bonds. The first-order valence-electron chi connectivity index (χ1n) is 9.55. The lowest BCUT2D eigenvalue weighted by Gasteiger charge is -2.31. The van der Waals surface area contributed by atoms with E-state index in [0.717, 1.165) is 16.6 Å². The van der Waals surface area contributed by atoms with Crippen LogP contribution >= 0.6 is 12.2 Å². The minimum absolute atomic E-state index is 0.485. The zero-order valence-corrected chi connectivity index (χ0v) is 16.1. The van der Waals surface area contributed by atoms with Crippen LogP contribution in [0.15, 0.2) is 77.4 Å². The first kappa shape index (κ1) is 17.8. The van der Waals surface area contributed by atoms with Gasteiger partial charge in [0, 0.05) is 11.7 Å². The van der Waals surface area contributed by atoms with Crippen molar-refractivity contribution in [3.8, 4) is 11.1 Å². The Hall–Kier alpha value is -2.59. The van der Waals surface area contributed by atoms with E-state index < -0.39 is 0 Å². The zero-order chi connectivity index (χ0) is 18.5. The molecule has 1 heterocycles. The molecule has 1 aromatic heterocycles. The van der Waals surface area contributed by atoms with E-state index >= 15 is 0 Å². The van der Waals surface area contributed by atoms with Crippen molar-refractivity contribution >= 4 is 23.0 Å². The van der Waals surface area contributed by atoms with Crippen molar-refractivity contribution in [2.75, 3.05) is 5.32 Å². The summed E-state index contributed by atoms with van der Waals surface area (Å²) in [6.07, 6.45) is 6.65. The minimum atomic E-state index is 0.485. The molecule has 27 heavy (non-hydrogen) atoms. The molecule has 4 heteroatoms. The van der Waals surface area contributed by atoms with E-state index in [2.05, 4.69) is 58.7 Å². The van der Waals surface area contributed by atoms with Gasteiger partial charge in [-0.3, -0.25) is 0 Å². The summed E-state index contributed by atoms with van der Waals surface area (Å²) in [7, 11) is 0. The van der Waals surface area contributed by atoms with Gasteiger partial charge in [0.2, 0.25) is 0 Å². The molecule has 0 unspecified atom stereocenters. The SMILES string of the molecule is S=C(Nc1ccc(-c2ccccc2)cc1)N(Cc1ccco1)C1CCCC1. The predicted molar refractivity (Wildman–Crippen MR) is 115 cm³/mol. The maximum Gasteiger partial charge on any atom is 0.174 e. The molecule has 1 aliphatic carbocycles. The van der Waals surface area contributed by atoms with Crippen LogP contribution in [0, 0.1) is 0 Å². The molecule has 3 nitrogen and oxygen atoms in total. The van der Waals surface area contributed by atoms with E-state index in [4.69, 9.17) is 16.6 Å².